The lowest BCUT2D eigenvalue weighted by atomic mass is 9.81. The topological polar surface area (TPSA) is 6.48 Å². The Balaban J connectivity index is 0.774. The van der Waals surface area contributed by atoms with Gasteiger partial charge < -0.3 is 9.80 Å². The second-order valence-electron chi connectivity index (χ2n) is 36.5. The van der Waals surface area contributed by atoms with E-state index in [-0.39, 0.29) is 21.7 Å². The summed E-state index contributed by atoms with van der Waals surface area (Å²) in [6.45, 7) is 19.1. The van der Waals surface area contributed by atoms with Crippen LogP contribution >= 0.6 is 0 Å². The van der Waals surface area contributed by atoms with Crippen molar-refractivity contribution in [2.75, 3.05) is 9.80 Å². The summed E-state index contributed by atoms with van der Waals surface area (Å²) in [5.41, 5.74) is 45.0. The largest absolute Gasteiger partial charge is 0.309 e. The molecular weight excluding hydrogens is 1490 g/mol. The molecule has 2 nitrogen and oxygen atoms in total. The molecule has 2 heteroatoms. The lowest BCUT2D eigenvalue weighted by Gasteiger charge is -2.33. The maximum Gasteiger partial charge on any atom is 0.0625 e. The first-order chi connectivity index (χ1) is 60.6. The van der Waals surface area contributed by atoms with E-state index in [0.717, 1.165) is 128 Å². The predicted molar refractivity (Wildman–Crippen MR) is 525 cm³/mol. The normalized spacial score (nSPS) is 14.1. The maximum absolute atomic E-state index is 2.66. The first-order valence-electron chi connectivity index (χ1n) is 43.9. The van der Waals surface area contributed by atoms with Crippen molar-refractivity contribution >= 4 is 55.7 Å². The number of hydrogen-bond donors (Lipinski definition) is 0. The average molecular weight is 1590 g/mol. The van der Waals surface area contributed by atoms with Gasteiger partial charge in [0, 0.05) is 60.7 Å². The van der Waals surface area contributed by atoms with Crippen LogP contribution in [0.2, 0.25) is 0 Å². The van der Waals surface area contributed by atoms with Gasteiger partial charge in [-0.15, -0.1) is 0 Å². The Morgan fingerprint density at radius 3 is 0.952 bits per heavy atom. The Morgan fingerprint density at radius 1 is 0.153 bits per heavy atom. The summed E-state index contributed by atoms with van der Waals surface area (Å²) in [7, 11) is 0. The van der Waals surface area contributed by atoms with E-state index in [0.29, 0.717) is 0 Å². The highest BCUT2D eigenvalue weighted by molar-refractivity contribution is 6.24. The molecule has 0 unspecified atom stereocenters. The molecule has 0 aliphatic heterocycles. The number of rotatable bonds is 14. The zero-order valence-corrected chi connectivity index (χ0v) is 71.2. The summed E-state index contributed by atoms with van der Waals surface area (Å²) in [6.07, 6.45) is 0. The van der Waals surface area contributed by atoms with Gasteiger partial charge in [-0.05, 0) is 245 Å². The predicted octanol–water partition coefficient (Wildman–Crippen LogP) is 33.5. The Labute approximate surface area is 728 Å². The van der Waals surface area contributed by atoms with Crippen LogP contribution in [0.4, 0.5) is 34.1 Å². The molecule has 19 aromatic rings. The number of fused-ring (bicyclic) bond motifs is 15. The number of benzene rings is 19. The van der Waals surface area contributed by atoms with Gasteiger partial charge in [0.05, 0.1) is 22.7 Å². The third-order valence-corrected chi connectivity index (χ3v) is 28.3. The standard InChI is InChI=1S/C122H92N2/c1-119(2)104-52-27-23-45-93(104)99-73-85(59-65-108(99)119)98-71-84(61-69-112(98)123(87-62-67-110-101(75-87)95-47-25-29-54-106(95)121(110,5)6)113-56-32-50-89(77-34-13-9-14-35-77)115(113)79-38-17-11-18-39-79)82-43-31-42-81(70-82)83-58-64-92-91-44-21-22-49-97(91)118(117(103(92)72-83)86-60-66-109-100(74-86)94-46-24-28-53-105(94)120(109,3)4)124(88-63-68-111-102(76-88)96-48-26-30-55-107(96)122(111,7)8)114-57-33-51-90(78-36-15-10-16-37-78)116(114)80-40-19-12-20-41-80/h9-76H,1-8H3. The molecule has 0 radical (unpaired) electrons. The molecule has 590 valence electrons. The van der Waals surface area contributed by atoms with E-state index in [1.165, 1.54) is 105 Å². The molecule has 0 spiro atoms. The molecular formula is C122H92N2. The minimum Gasteiger partial charge on any atom is -0.309 e. The SMILES string of the molecule is CC1(C)c2ccccc2-c2cc(-c3cc(-c4cccc(-c5ccc6c(c5)c(-c5ccc7c(c5)-c5ccccc5C7(C)C)c(N(c5ccc7c(c5)-c5ccccc5C7(C)C)c5cccc(-c7ccccc7)c5-c5ccccc5)c5ccccc56)c4)ccc3N(c3ccc4c(c3)-c3ccccc3C4(C)C)c3cccc(-c4ccccc4)c3-c3ccccc3)ccc21. The van der Waals surface area contributed by atoms with Gasteiger partial charge in [-0.1, -0.05) is 395 Å². The average Bonchev–Trinajstić information content (AvgIpc) is 1.30. The fraction of sp³-hybridized carbons (Fsp3) is 0.0984. The van der Waals surface area contributed by atoms with Crippen LogP contribution in [-0.2, 0) is 21.7 Å². The van der Waals surface area contributed by atoms with Crippen LogP contribution in [0.15, 0.2) is 413 Å². The zero-order valence-electron chi connectivity index (χ0n) is 71.2. The summed E-state index contributed by atoms with van der Waals surface area (Å²) in [5.74, 6) is 0. The molecule has 0 N–H and O–H groups in total. The van der Waals surface area contributed by atoms with Crippen LogP contribution in [0.25, 0.3) is 155 Å². The highest BCUT2D eigenvalue weighted by Crippen LogP contribution is 2.61. The molecule has 0 atom stereocenters. The smallest absolute Gasteiger partial charge is 0.0625 e. The highest BCUT2D eigenvalue weighted by Gasteiger charge is 2.42. The van der Waals surface area contributed by atoms with E-state index < -0.39 is 0 Å². The van der Waals surface area contributed by atoms with Gasteiger partial charge in [-0.25, -0.2) is 0 Å². The van der Waals surface area contributed by atoms with Crippen LogP contribution < -0.4 is 9.80 Å². The van der Waals surface area contributed by atoms with E-state index in [4.69, 9.17) is 0 Å². The van der Waals surface area contributed by atoms with Crippen LogP contribution in [0.5, 0.6) is 0 Å². The number of nitrogens with zero attached hydrogens (tertiary/aromatic N) is 2. The van der Waals surface area contributed by atoms with Crippen molar-refractivity contribution in [2.24, 2.45) is 0 Å². The van der Waals surface area contributed by atoms with Gasteiger partial charge in [0.15, 0.2) is 0 Å². The molecule has 4 aliphatic rings. The summed E-state index contributed by atoms with van der Waals surface area (Å²) in [5, 5.41) is 4.69. The van der Waals surface area contributed by atoms with E-state index in [1.807, 2.05) is 0 Å². The van der Waals surface area contributed by atoms with Gasteiger partial charge in [0.25, 0.3) is 0 Å². The molecule has 0 heterocycles. The van der Waals surface area contributed by atoms with E-state index >= 15 is 0 Å². The second kappa shape index (κ2) is 28.5. The third kappa shape index (κ3) is 11.5. The second-order valence-corrected chi connectivity index (χ2v) is 36.5. The lowest BCUT2D eigenvalue weighted by molar-refractivity contribution is 0.660. The minimum atomic E-state index is -0.210. The summed E-state index contributed by atoms with van der Waals surface area (Å²) >= 11 is 0. The van der Waals surface area contributed by atoms with Gasteiger partial charge in [0.2, 0.25) is 0 Å². The Bertz CT molecular complexity index is 7590. The summed E-state index contributed by atoms with van der Waals surface area (Å²) in [6, 6.07) is 157. The Hall–Kier alpha value is -14.7. The highest BCUT2D eigenvalue weighted by atomic mass is 15.2. The van der Waals surface area contributed by atoms with Crippen LogP contribution in [0.1, 0.15) is 99.9 Å². The van der Waals surface area contributed by atoms with Crippen LogP contribution in [0, 0.1) is 0 Å². The van der Waals surface area contributed by atoms with Crippen molar-refractivity contribution < 1.29 is 0 Å². The third-order valence-electron chi connectivity index (χ3n) is 28.3. The van der Waals surface area contributed by atoms with E-state index in [1.54, 1.807) is 0 Å². The monoisotopic (exact) mass is 1580 g/mol. The molecule has 23 rings (SSSR count). The fourth-order valence-corrected chi connectivity index (χ4v) is 22.1. The van der Waals surface area contributed by atoms with Crippen molar-refractivity contribution in [1.82, 2.24) is 0 Å². The van der Waals surface area contributed by atoms with Crippen LogP contribution in [-0.4, -0.2) is 0 Å². The molecule has 0 bridgehead atoms. The lowest BCUT2D eigenvalue weighted by Crippen LogP contribution is -2.16. The molecule has 4 aliphatic carbocycles. The van der Waals surface area contributed by atoms with Gasteiger partial charge in [0.1, 0.15) is 0 Å². The Kier molecular flexibility index (Phi) is 17.1. The molecule has 0 saturated carbocycles. The molecule has 0 fully saturated rings. The minimum absolute atomic E-state index is 0.186. The van der Waals surface area contributed by atoms with Gasteiger partial charge in [-0.2, -0.15) is 0 Å². The quantitative estimate of drug-likeness (QED) is 0.100. The van der Waals surface area contributed by atoms with E-state index in [2.05, 4.69) is 478 Å². The van der Waals surface area contributed by atoms with Crippen molar-refractivity contribution in [3.63, 3.8) is 0 Å². The maximum atomic E-state index is 2.66. The first-order valence-corrected chi connectivity index (χ1v) is 43.9. The zero-order chi connectivity index (χ0) is 83.5. The summed E-state index contributed by atoms with van der Waals surface area (Å²) < 4.78 is 0. The molecule has 0 saturated heterocycles. The molecule has 0 amide bonds. The molecule has 0 aromatic heterocycles. The Morgan fingerprint density at radius 2 is 0.468 bits per heavy atom. The first kappa shape index (κ1) is 74.4. The number of anilines is 6. The van der Waals surface area contributed by atoms with Crippen molar-refractivity contribution in [2.45, 2.75) is 77.0 Å². The fourth-order valence-electron chi connectivity index (χ4n) is 22.1. The van der Waals surface area contributed by atoms with Crippen molar-refractivity contribution in [3.8, 4) is 134 Å². The van der Waals surface area contributed by atoms with Gasteiger partial charge >= 0.3 is 0 Å². The van der Waals surface area contributed by atoms with Crippen LogP contribution in [0.3, 0.4) is 0 Å². The number of hydrogen-bond acceptors (Lipinski definition) is 2. The molecule has 19 aromatic carbocycles. The van der Waals surface area contributed by atoms with E-state index in [9.17, 15) is 0 Å². The summed E-state index contributed by atoms with van der Waals surface area (Å²) in [4.78, 5) is 5.25. The molecule has 124 heavy (non-hydrogen) atoms. The van der Waals surface area contributed by atoms with Crippen molar-refractivity contribution in [1.29, 1.82) is 0 Å². The van der Waals surface area contributed by atoms with Crippen molar-refractivity contribution in [3.05, 3.63) is 457 Å². The van der Waals surface area contributed by atoms with Gasteiger partial charge in [-0.3, -0.25) is 0 Å².